The van der Waals surface area contributed by atoms with Gasteiger partial charge in [-0.05, 0) is 28.1 Å². The van der Waals surface area contributed by atoms with E-state index in [1.807, 2.05) is 0 Å². The van der Waals surface area contributed by atoms with Gasteiger partial charge in [-0.1, -0.05) is 15.9 Å². The maximum atomic E-state index is 11.7. The van der Waals surface area contributed by atoms with Crippen molar-refractivity contribution in [3.63, 3.8) is 0 Å². The van der Waals surface area contributed by atoms with Crippen LogP contribution in [0.25, 0.3) is 0 Å². The Bertz CT molecular complexity index is 453. The second-order valence-electron chi connectivity index (χ2n) is 3.62. The van der Waals surface area contributed by atoms with Gasteiger partial charge < -0.3 is 10.0 Å². The molecule has 1 unspecified atom stereocenters. The number of hydrogen-bond acceptors (Lipinski definition) is 3. The van der Waals surface area contributed by atoms with Crippen molar-refractivity contribution >= 4 is 56.1 Å². The lowest BCUT2D eigenvalue weighted by atomic mass is 10.2. The third-order valence-corrected chi connectivity index (χ3v) is 3.81. The fourth-order valence-electron chi connectivity index (χ4n) is 1.68. The summed E-state index contributed by atoms with van der Waals surface area (Å²) in [4.78, 5) is 13.3. The largest absolute Gasteiger partial charge is 0.505 e. The molecule has 1 aliphatic rings. The highest BCUT2D eigenvalue weighted by Gasteiger charge is 2.30. The molecule has 2 rings (SSSR count). The van der Waals surface area contributed by atoms with Gasteiger partial charge in [0.1, 0.15) is 0 Å². The van der Waals surface area contributed by atoms with Gasteiger partial charge >= 0.3 is 0 Å². The monoisotopic (exact) mass is 365 g/mol. The Kier molecular flexibility index (Phi) is 3.51. The number of phenolic OH excluding ortho intramolecular Hbond substituents is 1. The summed E-state index contributed by atoms with van der Waals surface area (Å²) in [7, 11) is 0. The third kappa shape index (κ3) is 2.24. The molecule has 0 radical (unpaired) electrons. The summed E-state index contributed by atoms with van der Waals surface area (Å²) in [6, 6.07) is 3.46. The van der Waals surface area contributed by atoms with E-state index in [9.17, 15) is 9.90 Å². The quantitative estimate of drug-likeness (QED) is 0.750. The van der Waals surface area contributed by atoms with Gasteiger partial charge in [-0.15, -0.1) is 0 Å². The average Bonchev–Trinajstić information content (AvgIpc) is 2.51. The lowest BCUT2D eigenvalue weighted by Crippen LogP contribution is -2.24. The van der Waals surface area contributed by atoms with Crippen LogP contribution in [0.3, 0.4) is 0 Å². The minimum atomic E-state index is -0.0136. The molecular formula is C10H9Br2NO2S. The van der Waals surface area contributed by atoms with Crippen LogP contribution in [0.15, 0.2) is 21.1 Å². The van der Waals surface area contributed by atoms with E-state index in [0.717, 1.165) is 4.47 Å². The Labute approximate surface area is 115 Å². The van der Waals surface area contributed by atoms with E-state index in [1.165, 1.54) is 0 Å². The number of anilines is 1. The zero-order valence-corrected chi connectivity index (χ0v) is 12.2. The molecule has 1 aromatic rings. The minimum absolute atomic E-state index is 0.0136. The second kappa shape index (κ2) is 4.58. The summed E-state index contributed by atoms with van der Waals surface area (Å²) >= 11 is 10.9. The minimum Gasteiger partial charge on any atom is -0.505 e. The van der Waals surface area contributed by atoms with E-state index in [0.29, 0.717) is 23.1 Å². The Morgan fingerprint density at radius 1 is 1.44 bits per heavy atom. The summed E-state index contributed by atoms with van der Waals surface area (Å²) in [5.74, 6) is 0.0688. The highest BCUT2D eigenvalue weighted by molar-refractivity contribution is 9.11. The lowest BCUT2D eigenvalue weighted by Gasteiger charge is -2.18. The topological polar surface area (TPSA) is 40.5 Å². The van der Waals surface area contributed by atoms with E-state index in [1.54, 1.807) is 17.0 Å². The number of nitrogens with zero attached hydrogens (tertiary/aromatic N) is 1. The van der Waals surface area contributed by atoms with Crippen molar-refractivity contribution in [1.82, 2.24) is 0 Å². The Morgan fingerprint density at radius 2 is 2.12 bits per heavy atom. The number of phenols is 1. The predicted molar refractivity (Wildman–Crippen MR) is 73.3 cm³/mol. The molecule has 1 fully saturated rings. The third-order valence-electron chi connectivity index (χ3n) is 2.40. The van der Waals surface area contributed by atoms with Gasteiger partial charge in [0.2, 0.25) is 5.91 Å². The van der Waals surface area contributed by atoms with Crippen molar-refractivity contribution in [2.24, 2.45) is 0 Å². The average molecular weight is 367 g/mol. The van der Waals surface area contributed by atoms with Crippen LogP contribution in [-0.2, 0) is 4.79 Å². The lowest BCUT2D eigenvalue weighted by molar-refractivity contribution is -0.117. The van der Waals surface area contributed by atoms with Gasteiger partial charge in [0.25, 0.3) is 0 Å². The maximum absolute atomic E-state index is 11.7. The number of benzene rings is 1. The Hall–Kier alpha value is -0.200. The molecule has 0 aromatic heterocycles. The molecule has 0 aliphatic carbocycles. The van der Waals surface area contributed by atoms with E-state index in [4.69, 9.17) is 0 Å². The Morgan fingerprint density at radius 3 is 2.69 bits per heavy atom. The number of rotatable bonds is 1. The number of thiol groups is 1. The number of aromatic hydroxyl groups is 1. The van der Waals surface area contributed by atoms with Crippen LogP contribution >= 0.6 is 44.5 Å². The summed E-state index contributed by atoms with van der Waals surface area (Å²) in [5.41, 5.74) is 0.516. The highest BCUT2D eigenvalue weighted by Crippen LogP contribution is 2.39. The van der Waals surface area contributed by atoms with Gasteiger partial charge in [-0.25, -0.2) is 0 Å². The van der Waals surface area contributed by atoms with Gasteiger partial charge in [-0.2, -0.15) is 12.6 Å². The number of halogens is 2. The first-order chi connectivity index (χ1) is 7.49. The van der Waals surface area contributed by atoms with Crippen molar-refractivity contribution in [3.8, 4) is 5.75 Å². The molecule has 1 amide bonds. The first kappa shape index (κ1) is 12.3. The van der Waals surface area contributed by atoms with Crippen molar-refractivity contribution < 1.29 is 9.90 Å². The summed E-state index contributed by atoms with van der Waals surface area (Å²) < 4.78 is 1.37. The molecule has 3 nitrogen and oxygen atoms in total. The van der Waals surface area contributed by atoms with Crippen LogP contribution in [0.1, 0.15) is 6.42 Å². The summed E-state index contributed by atoms with van der Waals surface area (Å²) in [5, 5.41) is 9.93. The molecule has 0 bridgehead atoms. The van der Waals surface area contributed by atoms with Crippen molar-refractivity contribution in [1.29, 1.82) is 0 Å². The van der Waals surface area contributed by atoms with E-state index >= 15 is 0 Å². The molecule has 16 heavy (non-hydrogen) atoms. The summed E-state index contributed by atoms with van der Waals surface area (Å²) in [6.45, 7) is 0.526. The molecule has 1 atom stereocenters. The van der Waals surface area contributed by atoms with Crippen LogP contribution in [-0.4, -0.2) is 22.8 Å². The predicted octanol–water partition coefficient (Wildman–Crippen LogP) is 2.95. The van der Waals surface area contributed by atoms with E-state index in [-0.39, 0.29) is 16.9 Å². The second-order valence-corrected chi connectivity index (χ2v) is 6.12. The van der Waals surface area contributed by atoms with Gasteiger partial charge in [0.05, 0.1) is 10.2 Å². The molecule has 6 heteroatoms. The maximum Gasteiger partial charge on any atom is 0.228 e. The molecule has 1 aromatic carbocycles. The van der Waals surface area contributed by atoms with Crippen molar-refractivity contribution in [2.75, 3.05) is 11.4 Å². The fraction of sp³-hybridized carbons (Fsp3) is 0.300. The highest BCUT2D eigenvalue weighted by atomic mass is 79.9. The zero-order valence-electron chi connectivity index (χ0n) is 8.15. The van der Waals surface area contributed by atoms with Crippen molar-refractivity contribution in [3.05, 3.63) is 21.1 Å². The van der Waals surface area contributed by atoms with Crippen LogP contribution in [0, 0.1) is 0 Å². The molecule has 0 saturated carbocycles. The zero-order chi connectivity index (χ0) is 11.9. The molecule has 86 valence electrons. The van der Waals surface area contributed by atoms with Crippen LogP contribution in [0.4, 0.5) is 5.69 Å². The van der Waals surface area contributed by atoms with Gasteiger partial charge in [0.15, 0.2) is 5.75 Å². The van der Waals surface area contributed by atoms with E-state index < -0.39 is 0 Å². The first-order valence-electron chi connectivity index (χ1n) is 4.65. The first-order valence-corrected chi connectivity index (χ1v) is 6.75. The van der Waals surface area contributed by atoms with Crippen molar-refractivity contribution in [2.45, 2.75) is 11.7 Å². The molecule has 1 aliphatic heterocycles. The molecule has 1 saturated heterocycles. The van der Waals surface area contributed by atoms with Gasteiger partial charge in [-0.3, -0.25) is 4.79 Å². The number of carbonyl (C=O) groups excluding carboxylic acids is 1. The SMILES string of the molecule is O=C1CC(S)CN1c1cc(Br)cc(Br)c1O. The fourth-order valence-corrected chi connectivity index (χ4v) is 3.20. The number of carbonyl (C=O) groups is 1. The number of hydrogen-bond donors (Lipinski definition) is 2. The normalized spacial score (nSPS) is 20.6. The number of amides is 1. The smallest absolute Gasteiger partial charge is 0.228 e. The molecular weight excluding hydrogens is 358 g/mol. The molecule has 1 N–H and O–H groups in total. The standard InChI is InChI=1S/C10H9Br2NO2S/c11-5-1-7(12)10(15)8(2-5)13-4-6(16)3-9(13)14/h1-2,6,15-16H,3-4H2. The summed E-state index contributed by atoms with van der Waals surface area (Å²) in [6.07, 6.45) is 0.409. The van der Waals surface area contributed by atoms with E-state index in [2.05, 4.69) is 44.5 Å². The van der Waals surface area contributed by atoms with Crippen LogP contribution < -0.4 is 4.90 Å². The molecule has 0 spiro atoms. The van der Waals surface area contributed by atoms with Crippen LogP contribution in [0.5, 0.6) is 5.75 Å². The Balaban J connectivity index is 2.44. The van der Waals surface area contributed by atoms with Crippen LogP contribution in [0.2, 0.25) is 0 Å². The van der Waals surface area contributed by atoms with Gasteiger partial charge in [0, 0.05) is 22.7 Å². The molecule has 1 heterocycles.